The number of thiazole rings is 1. The second-order valence-electron chi connectivity index (χ2n) is 7.72. The summed E-state index contributed by atoms with van der Waals surface area (Å²) < 4.78 is 4.03. The molecule has 1 saturated heterocycles. The van der Waals surface area contributed by atoms with E-state index in [-0.39, 0.29) is 11.9 Å². The Balaban J connectivity index is 1.27. The van der Waals surface area contributed by atoms with Crippen molar-refractivity contribution in [3.05, 3.63) is 70.3 Å². The van der Waals surface area contributed by atoms with Gasteiger partial charge in [-0.25, -0.2) is 4.68 Å². The molecule has 0 unspecified atom stereocenters. The van der Waals surface area contributed by atoms with E-state index in [1.54, 1.807) is 11.3 Å². The van der Waals surface area contributed by atoms with Gasteiger partial charge in [0, 0.05) is 29.2 Å². The first-order valence-electron chi connectivity index (χ1n) is 10.3. The van der Waals surface area contributed by atoms with Gasteiger partial charge in [0.1, 0.15) is 0 Å². The summed E-state index contributed by atoms with van der Waals surface area (Å²) >= 11 is 5.10. The molecule has 6 nitrogen and oxygen atoms in total. The van der Waals surface area contributed by atoms with Gasteiger partial charge >= 0.3 is 0 Å². The third-order valence-corrected chi connectivity index (χ3v) is 7.33. The maximum atomic E-state index is 12.5. The van der Waals surface area contributed by atoms with Crippen LogP contribution >= 0.6 is 27.3 Å². The quantitative estimate of drug-likeness (QED) is 0.434. The summed E-state index contributed by atoms with van der Waals surface area (Å²) in [4.78, 5) is 19.8. The second-order valence-corrected chi connectivity index (χ2v) is 9.62. The minimum absolute atomic E-state index is 0.00971. The van der Waals surface area contributed by atoms with E-state index < -0.39 is 0 Å². The highest BCUT2D eigenvalue weighted by Crippen LogP contribution is 2.33. The summed E-state index contributed by atoms with van der Waals surface area (Å²) in [6, 6.07) is 17.8. The molecule has 1 amide bonds. The SMILES string of the molecule is Cc1nn(-c2ccccc2)c2nc(N3CCC(NC(=O)c4ccc(Br)cc4)CC3)sc12. The van der Waals surface area contributed by atoms with Gasteiger partial charge in [-0.05, 0) is 56.2 Å². The highest BCUT2D eigenvalue weighted by atomic mass is 79.9. The smallest absolute Gasteiger partial charge is 0.251 e. The lowest BCUT2D eigenvalue weighted by Crippen LogP contribution is -2.44. The predicted octanol–water partition coefficient (Wildman–Crippen LogP) is 4.95. The van der Waals surface area contributed by atoms with Gasteiger partial charge in [0.2, 0.25) is 0 Å². The van der Waals surface area contributed by atoms with E-state index in [0.29, 0.717) is 5.56 Å². The fraction of sp³-hybridized carbons (Fsp3) is 0.261. The minimum atomic E-state index is -0.00971. The number of fused-ring (bicyclic) bond motifs is 1. The van der Waals surface area contributed by atoms with E-state index in [4.69, 9.17) is 4.98 Å². The first-order valence-corrected chi connectivity index (χ1v) is 11.9. The summed E-state index contributed by atoms with van der Waals surface area (Å²) in [7, 11) is 0. The molecule has 4 aromatic rings. The Hall–Kier alpha value is -2.71. The van der Waals surface area contributed by atoms with Crippen LogP contribution in [0.3, 0.4) is 0 Å². The van der Waals surface area contributed by atoms with Crippen LogP contribution in [0.2, 0.25) is 0 Å². The molecule has 1 N–H and O–H groups in total. The molecular formula is C23H22BrN5OS. The molecule has 1 fully saturated rings. The van der Waals surface area contributed by atoms with Crippen LogP contribution in [0.4, 0.5) is 5.13 Å². The van der Waals surface area contributed by atoms with E-state index in [0.717, 1.165) is 57.3 Å². The Kier molecular flexibility index (Phi) is 5.50. The first kappa shape index (κ1) is 20.2. The topological polar surface area (TPSA) is 63.1 Å². The number of aryl methyl sites for hydroxylation is 1. The van der Waals surface area contributed by atoms with Crippen LogP contribution < -0.4 is 10.2 Å². The van der Waals surface area contributed by atoms with Gasteiger partial charge in [0.05, 0.1) is 16.1 Å². The molecule has 0 spiro atoms. The summed E-state index contributed by atoms with van der Waals surface area (Å²) in [6.07, 6.45) is 1.81. The molecule has 0 atom stereocenters. The van der Waals surface area contributed by atoms with Crippen LogP contribution in [0.1, 0.15) is 28.9 Å². The molecule has 158 valence electrons. The van der Waals surface area contributed by atoms with Gasteiger partial charge < -0.3 is 10.2 Å². The van der Waals surface area contributed by atoms with Crippen molar-refractivity contribution < 1.29 is 4.79 Å². The second kappa shape index (κ2) is 8.43. The predicted molar refractivity (Wildman–Crippen MR) is 128 cm³/mol. The number of halogens is 1. The van der Waals surface area contributed by atoms with Gasteiger partial charge in [-0.3, -0.25) is 4.79 Å². The summed E-state index contributed by atoms with van der Waals surface area (Å²) in [5.41, 5.74) is 3.62. The molecule has 0 saturated carbocycles. The van der Waals surface area contributed by atoms with Crippen LogP contribution in [-0.2, 0) is 0 Å². The number of nitrogens with one attached hydrogen (secondary N) is 1. The molecule has 1 aliphatic heterocycles. The molecule has 0 radical (unpaired) electrons. The van der Waals surface area contributed by atoms with Crippen molar-refractivity contribution in [2.45, 2.75) is 25.8 Å². The summed E-state index contributed by atoms with van der Waals surface area (Å²) in [5.74, 6) is -0.00971. The van der Waals surface area contributed by atoms with Crippen molar-refractivity contribution >= 4 is 48.7 Å². The summed E-state index contributed by atoms with van der Waals surface area (Å²) in [5, 5.41) is 8.88. The number of nitrogens with zero attached hydrogens (tertiary/aromatic N) is 4. The number of hydrogen-bond donors (Lipinski definition) is 1. The largest absolute Gasteiger partial charge is 0.349 e. The number of carbonyl (C=O) groups is 1. The molecule has 1 aliphatic rings. The van der Waals surface area contributed by atoms with Crippen molar-refractivity contribution in [2.75, 3.05) is 18.0 Å². The van der Waals surface area contributed by atoms with Crippen LogP contribution in [0.5, 0.6) is 0 Å². The van der Waals surface area contributed by atoms with E-state index >= 15 is 0 Å². The van der Waals surface area contributed by atoms with E-state index in [1.807, 2.05) is 66.2 Å². The lowest BCUT2D eigenvalue weighted by atomic mass is 10.0. The van der Waals surface area contributed by atoms with Crippen molar-refractivity contribution in [2.24, 2.45) is 0 Å². The zero-order valence-electron chi connectivity index (χ0n) is 17.1. The standard InChI is InChI=1S/C23H22BrN5OS/c1-15-20-21(29(27-15)19-5-3-2-4-6-19)26-23(31-20)28-13-11-18(12-14-28)25-22(30)16-7-9-17(24)10-8-16/h2-10,18H,11-14H2,1H3,(H,25,30). The molecule has 31 heavy (non-hydrogen) atoms. The number of para-hydroxylation sites is 1. The Morgan fingerprint density at radius 1 is 1.10 bits per heavy atom. The summed E-state index contributed by atoms with van der Waals surface area (Å²) in [6.45, 7) is 3.78. The van der Waals surface area contributed by atoms with Crippen LogP contribution in [0.25, 0.3) is 16.0 Å². The highest BCUT2D eigenvalue weighted by Gasteiger charge is 2.25. The monoisotopic (exact) mass is 495 g/mol. The highest BCUT2D eigenvalue weighted by molar-refractivity contribution is 9.10. The molecule has 8 heteroatoms. The molecule has 2 aromatic heterocycles. The average Bonchev–Trinajstić information content (AvgIpc) is 3.36. The van der Waals surface area contributed by atoms with Gasteiger partial charge in [-0.15, -0.1) is 0 Å². The van der Waals surface area contributed by atoms with Gasteiger partial charge in [0.25, 0.3) is 5.91 Å². The number of anilines is 1. The third kappa shape index (κ3) is 4.09. The van der Waals surface area contributed by atoms with Gasteiger partial charge in [-0.2, -0.15) is 10.1 Å². The Labute approximate surface area is 193 Å². The third-order valence-electron chi connectivity index (χ3n) is 5.59. The van der Waals surface area contributed by atoms with Crippen LogP contribution in [-0.4, -0.2) is 39.8 Å². The first-order chi connectivity index (χ1) is 15.1. The number of benzene rings is 2. The van der Waals surface area contributed by atoms with Crippen LogP contribution in [0, 0.1) is 6.92 Å². The zero-order valence-corrected chi connectivity index (χ0v) is 19.5. The molecular weight excluding hydrogens is 474 g/mol. The number of aromatic nitrogens is 3. The van der Waals surface area contributed by atoms with Gasteiger partial charge in [0.15, 0.2) is 10.8 Å². The van der Waals surface area contributed by atoms with E-state index in [9.17, 15) is 4.79 Å². The lowest BCUT2D eigenvalue weighted by Gasteiger charge is -2.32. The van der Waals surface area contributed by atoms with Crippen molar-refractivity contribution in [1.29, 1.82) is 0 Å². The number of rotatable bonds is 4. The molecule has 0 bridgehead atoms. The molecule has 5 rings (SSSR count). The fourth-order valence-corrected chi connectivity index (χ4v) is 5.20. The number of carbonyl (C=O) groups excluding carboxylic acids is 1. The van der Waals surface area contributed by atoms with Gasteiger partial charge in [-0.1, -0.05) is 45.5 Å². The average molecular weight is 496 g/mol. The number of hydrogen-bond acceptors (Lipinski definition) is 5. The van der Waals surface area contributed by atoms with Crippen molar-refractivity contribution in [1.82, 2.24) is 20.1 Å². The number of amides is 1. The normalized spacial score (nSPS) is 14.8. The number of piperidine rings is 1. The maximum Gasteiger partial charge on any atom is 0.251 e. The Bertz CT molecular complexity index is 1210. The van der Waals surface area contributed by atoms with E-state index in [1.165, 1.54) is 0 Å². The Morgan fingerprint density at radius 2 is 1.81 bits per heavy atom. The van der Waals surface area contributed by atoms with Crippen LogP contribution in [0.15, 0.2) is 59.1 Å². The molecule has 3 heterocycles. The molecule has 0 aliphatic carbocycles. The lowest BCUT2D eigenvalue weighted by molar-refractivity contribution is 0.0931. The molecule has 2 aromatic carbocycles. The fourth-order valence-electron chi connectivity index (χ4n) is 3.89. The minimum Gasteiger partial charge on any atom is -0.349 e. The zero-order chi connectivity index (χ0) is 21.4. The van der Waals surface area contributed by atoms with Crippen molar-refractivity contribution in [3.8, 4) is 5.69 Å². The van der Waals surface area contributed by atoms with E-state index in [2.05, 4.69) is 31.2 Å². The van der Waals surface area contributed by atoms with Crippen molar-refractivity contribution in [3.63, 3.8) is 0 Å². The Morgan fingerprint density at radius 3 is 2.52 bits per heavy atom. The maximum absolute atomic E-state index is 12.5.